The monoisotopic (exact) mass is 333 g/mol. The SMILES string of the molecule is Cc1nccc(N2CCO[C@@](CO)(Cc3ccc(Cl)cc3)C2)n1. The Morgan fingerprint density at radius 3 is 2.78 bits per heavy atom. The molecule has 0 aliphatic carbocycles. The van der Waals surface area contributed by atoms with Crippen molar-refractivity contribution in [2.75, 3.05) is 31.2 Å². The molecule has 0 amide bonds. The molecule has 122 valence electrons. The summed E-state index contributed by atoms with van der Waals surface area (Å²) >= 11 is 5.94. The molecule has 1 saturated heterocycles. The van der Waals surface area contributed by atoms with Crippen molar-refractivity contribution in [1.82, 2.24) is 9.97 Å². The first-order valence-corrected chi connectivity index (χ1v) is 8.02. The number of halogens is 1. The van der Waals surface area contributed by atoms with E-state index >= 15 is 0 Å². The molecule has 0 saturated carbocycles. The fourth-order valence-electron chi connectivity index (χ4n) is 2.89. The third kappa shape index (κ3) is 3.80. The second-order valence-electron chi connectivity index (χ2n) is 5.88. The second kappa shape index (κ2) is 6.83. The average molecular weight is 334 g/mol. The Hall–Kier alpha value is -1.69. The van der Waals surface area contributed by atoms with Crippen molar-refractivity contribution in [3.63, 3.8) is 0 Å². The highest BCUT2D eigenvalue weighted by Gasteiger charge is 2.37. The van der Waals surface area contributed by atoms with Crippen molar-refractivity contribution in [1.29, 1.82) is 0 Å². The number of anilines is 1. The van der Waals surface area contributed by atoms with Gasteiger partial charge in [-0.2, -0.15) is 0 Å². The molecule has 2 aromatic rings. The summed E-state index contributed by atoms with van der Waals surface area (Å²) in [6.07, 6.45) is 2.38. The maximum Gasteiger partial charge on any atom is 0.132 e. The van der Waals surface area contributed by atoms with E-state index in [9.17, 15) is 5.11 Å². The molecule has 1 fully saturated rings. The van der Waals surface area contributed by atoms with Crippen molar-refractivity contribution in [2.24, 2.45) is 0 Å². The van der Waals surface area contributed by atoms with Crippen LogP contribution < -0.4 is 4.90 Å². The van der Waals surface area contributed by atoms with Crippen LogP contribution in [0.15, 0.2) is 36.5 Å². The fourth-order valence-corrected chi connectivity index (χ4v) is 3.02. The minimum absolute atomic E-state index is 0.0454. The molecular weight excluding hydrogens is 314 g/mol. The van der Waals surface area contributed by atoms with Crippen molar-refractivity contribution < 1.29 is 9.84 Å². The molecule has 3 rings (SSSR count). The highest BCUT2D eigenvalue weighted by molar-refractivity contribution is 6.30. The van der Waals surface area contributed by atoms with Crippen LogP contribution in [0.5, 0.6) is 0 Å². The summed E-state index contributed by atoms with van der Waals surface area (Å²) < 4.78 is 5.96. The van der Waals surface area contributed by atoms with E-state index in [0.29, 0.717) is 24.6 Å². The van der Waals surface area contributed by atoms with Crippen molar-refractivity contribution >= 4 is 17.4 Å². The number of hydrogen-bond acceptors (Lipinski definition) is 5. The van der Waals surface area contributed by atoms with Crippen LogP contribution in [0.1, 0.15) is 11.4 Å². The van der Waals surface area contributed by atoms with E-state index in [1.165, 1.54) is 0 Å². The molecule has 5 nitrogen and oxygen atoms in total. The van der Waals surface area contributed by atoms with E-state index < -0.39 is 5.60 Å². The lowest BCUT2D eigenvalue weighted by atomic mass is 9.93. The summed E-state index contributed by atoms with van der Waals surface area (Å²) in [6, 6.07) is 9.54. The molecule has 0 bridgehead atoms. The van der Waals surface area contributed by atoms with Gasteiger partial charge in [-0.1, -0.05) is 23.7 Å². The van der Waals surface area contributed by atoms with E-state index in [2.05, 4.69) is 14.9 Å². The smallest absolute Gasteiger partial charge is 0.132 e. The van der Waals surface area contributed by atoms with Gasteiger partial charge in [0.25, 0.3) is 0 Å². The van der Waals surface area contributed by atoms with Crippen LogP contribution in [-0.2, 0) is 11.2 Å². The summed E-state index contributed by atoms with van der Waals surface area (Å²) in [6.45, 7) is 3.71. The summed E-state index contributed by atoms with van der Waals surface area (Å²) in [5, 5.41) is 10.7. The van der Waals surface area contributed by atoms with Crippen LogP contribution in [0.25, 0.3) is 0 Å². The largest absolute Gasteiger partial charge is 0.393 e. The number of aryl methyl sites for hydroxylation is 1. The first-order chi connectivity index (χ1) is 11.1. The lowest BCUT2D eigenvalue weighted by molar-refractivity contribution is -0.0869. The van der Waals surface area contributed by atoms with E-state index in [1.54, 1.807) is 6.20 Å². The molecule has 6 heteroatoms. The Morgan fingerprint density at radius 2 is 2.09 bits per heavy atom. The number of hydrogen-bond donors (Lipinski definition) is 1. The van der Waals surface area contributed by atoms with E-state index in [1.807, 2.05) is 37.3 Å². The summed E-state index contributed by atoms with van der Waals surface area (Å²) in [7, 11) is 0. The molecule has 1 aliphatic rings. The zero-order valence-corrected chi connectivity index (χ0v) is 13.8. The average Bonchev–Trinajstić information content (AvgIpc) is 2.57. The predicted molar refractivity (Wildman–Crippen MR) is 89.9 cm³/mol. The molecule has 0 spiro atoms. The maximum absolute atomic E-state index is 9.97. The molecule has 1 atom stereocenters. The van der Waals surface area contributed by atoms with Gasteiger partial charge in [0.15, 0.2) is 0 Å². The fraction of sp³-hybridized carbons (Fsp3) is 0.412. The van der Waals surface area contributed by atoms with Gasteiger partial charge in [-0.05, 0) is 30.7 Å². The van der Waals surface area contributed by atoms with Gasteiger partial charge in [0, 0.05) is 24.2 Å². The number of aliphatic hydroxyl groups is 1. The van der Waals surface area contributed by atoms with Crippen molar-refractivity contribution in [2.45, 2.75) is 18.9 Å². The standard InChI is InChI=1S/C17H20ClN3O2/c1-13-19-7-6-16(20-13)21-8-9-23-17(11-21,12-22)10-14-2-4-15(18)5-3-14/h2-7,22H,8-12H2,1H3/t17-/m0/s1. The Labute approximate surface area is 140 Å². The Morgan fingerprint density at radius 1 is 1.30 bits per heavy atom. The van der Waals surface area contributed by atoms with E-state index in [0.717, 1.165) is 23.8 Å². The Bertz CT molecular complexity index is 665. The van der Waals surface area contributed by atoms with Gasteiger partial charge in [-0.25, -0.2) is 9.97 Å². The van der Waals surface area contributed by atoms with Gasteiger partial charge >= 0.3 is 0 Å². The molecular formula is C17H20ClN3O2. The normalized spacial score (nSPS) is 21.4. The number of aromatic nitrogens is 2. The summed E-state index contributed by atoms with van der Waals surface area (Å²) in [5.41, 5.74) is 0.453. The predicted octanol–water partition coefficient (Wildman–Crippen LogP) is 2.25. The minimum atomic E-state index is -0.634. The lowest BCUT2D eigenvalue weighted by Gasteiger charge is -2.42. The molecule has 1 aromatic carbocycles. The van der Waals surface area contributed by atoms with Crippen LogP contribution in [0.3, 0.4) is 0 Å². The molecule has 0 unspecified atom stereocenters. The van der Waals surface area contributed by atoms with E-state index in [-0.39, 0.29) is 6.61 Å². The van der Waals surface area contributed by atoms with Crippen LogP contribution in [0.2, 0.25) is 5.02 Å². The summed E-state index contributed by atoms with van der Waals surface area (Å²) in [4.78, 5) is 10.8. The van der Waals surface area contributed by atoms with Gasteiger partial charge < -0.3 is 14.7 Å². The van der Waals surface area contributed by atoms with Gasteiger partial charge in [0.05, 0.1) is 19.8 Å². The molecule has 1 aromatic heterocycles. The number of nitrogens with zero attached hydrogens (tertiary/aromatic N) is 3. The zero-order chi connectivity index (χ0) is 16.3. The van der Waals surface area contributed by atoms with Crippen LogP contribution >= 0.6 is 11.6 Å². The highest BCUT2D eigenvalue weighted by atomic mass is 35.5. The lowest BCUT2D eigenvalue weighted by Crippen LogP contribution is -2.55. The number of aliphatic hydroxyl groups excluding tert-OH is 1. The zero-order valence-electron chi connectivity index (χ0n) is 13.1. The van der Waals surface area contributed by atoms with Gasteiger partial charge in [-0.15, -0.1) is 0 Å². The van der Waals surface area contributed by atoms with Crippen LogP contribution in [-0.4, -0.2) is 47.0 Å². The number of ether oxygens (including phenoxy) is 1. The minimum Gasteiger partial charge on any atom is -0.393 e. The van der Waals surface area contributed by atoms with Gasteiger partial charge in [-0.3, -0.25) is 0 Å². The number of rotatable bonds is 4. The highest BCUT2D eigenvalue weighted by Crippen LogP contribution is 2.26. The topological polar surface area (TPSA) is 58.5 Å². The third-order valence-corrected chi connectivity index (χ3v) is 4.31. The van der Waals surface area contributed by atoms with Crippen molar-refractivity contribution in [3.05, 3.63) is 52.9 Å². The molecule has 1 N–H and O–H groups in total. The van der Waals surface area contributed by atoms with E-state index in [4.69, 9.17) is 16.3 Å². The first-order valence-electron chi connectivity index (χ1n) is 7.64. The molecule has 2 heterocycles. The van der Waals surface area contributed by atoms with Crippen molar-refractivity contribution in [3.8, 4) is 0 Å². The van der Waals surface area contributed by atoms with Crippen LogP contribution in [0, 0.1) is 6.92 Å². The molecule has 1 aliphatic heterocycles. The quantitative estimate of drug-likeness (QED) is 0.930. The second-order valence-corrected chi connectivity index (χ2v) is 6.31. The van der Waals surface area contributed by atoms with Gasteiger partial charge in [0.1, 0.15) is 17.2 Å². The first kappa shape index (κ1) is 16.2. The maximum atomic E-state index is 9.97. The number of benzene rings is 1. The van der Waals surface area contributed by atoms with Gasteiger partial charge in [0.2, 0.25) is 0 Å². The van der Waals surface area contributed by atoms with Crippen LogP contribution in [0.4, 0.5) is 5.82 Å². The molecule has 23 heavy (non-hydrogen) atoms. The summed E-state index contributed by atoms with van der Waals surface area (Å²) in [5.74, 6) is 1.61. The third-order valence-electron chi connectivity index (χ3n) is 4.06. The molecule has 0 radical (unpaired) electrons. The Balaban J connectivity index is 1.79. The Kier molecular flexibility index (Phi) is 4.80. The number of morpholine rings is 1.